The average Bonchev–Trinajstić information content (AvgIpc) is 2.16. The number of hydrogen-bond acceptors (Lipinski definition) is 5. The number of sulfone groups is 1. The van der Waals surface area contributed by atoms with E-state index in [2.05, 4.69) is 4.74 Å². The number of carbonyl (C=O) groups excluding carboxylic acids is 1. The molecule has 1 aliphatic heterocycles. The Hall–Kier alpha value is -0.620. The van der Waals surface area contributed by atoms with Crippen molar-refractivity contribution in [3.05, 3.63) is 0 Å². The van der Waals surface area contributed by atoms with Gasteiger partial charge >= 0.3 is 5.97 Å². The largest absolute Gasteiger partial charge is 0.469 e. The number of hydrogen-bond donors (Lipinski definition) is 0. The quantitative estimate of drug-likeness (QED) is 0.588. The smallest absolute Gasteiger partial charge is 0.306 e. The minimum absolute atomic E-state index is 0.203. The van der Waals surface area contributed by atoms with E-state index in [9.17, 15) is 13.2 Å². The zero-order valence-corrected chi connectivity index (χ0v) is 9.05. The van der Waals surface area contributed by atoms with E-state index in [0.29, 0.717) is 26.1 Å². The highest BCUT2D eigenvalue weighted by atomic mass is 32.2. The molecule has 0 spiro atoms. The van der Waals surface area contributed by atoms with Gasteiger partial charge < -0.3 is 9.64 Å². The Kier molecular flexibility index (Phi) is 3.88. The highest BCUT2D eigenvalue weighted by molar-refractivity contribution is 7.91. The maximum atomic E-state index is 11.1. The van der Waals surface area contributed by atoms with E-state index < -0.39 is 9.84 Å². The van der Waals surface area contributed by atoms with E-state index in [1.807, 2.05) is 4.90 Å². The van der Waals surface area contributed by atoms with Gasteiger partial charge in [0.25, 0.3) is 0 Å². The van der Waals surface area contributed by atoms with Crippen LogP contribution in [0.1, 0.15) is 6.42 Å². The molecule has 0 aromatic rings. The first-order valence-electron chi connectivity index (χ1n) is 4.53. The Morgan fingerprint density at radius 3 is 2.43 bits per heavy atom. The lowest BCUT2D eigenvalue weighted by Gasteiger charge is -2.25. The van der Waals surface area contributed by atoms with Gasteiger partial charge in [0.15, 0.2) is 9.84 Å². The van der Waals surface area contributed by atoms with Crippen LogP contribution in [0, 0.1) is 0 Å². The summed E-state index contributed by atoms with van der Waals surface area (Å²) in [4.78, 5) is 12.8. The first-order chi connectivity index (χ1) is 6.53. The van der Waals surface area contributed by atoms with Gasteiger partial charge in [0.2, 0.25) is 0 Å². The van der Waals surface area contributed by atoms with Crippen LogP contribution in [-0.2, 0) is 19.4 Å². The van der Waals surface area contributed by atoms with Crippen molar-refractivity contribution in [2.24, 2.45) is 0 Å². The molecule has 5 nitrogen and oxygen atoms in total. The molecular weight excluding hydrogens is 206 g/mol. The lowest BCUT2D eigenvalue weighted by molar-refractivity contribution is -0.140. The summed E-state index contributed by atoms with van der Waals surface area (Å²) in [5.41, 5.74) is 0. The predicted molar refractivity (Wildman–Crippen MR) is 51.7 cm³/mol. The maximum absolute atomic E-state index is 11.1. The standard InChI is InChI=1S/C8H15NO4S/c1-13-8(10)2-3-9-4-6-14(11,12)7-5-9/h2-7H2,1H3. The van der Waals surface area contributed by atoms with Crippen LogP contribution in [0.25, 0.3) is 0 Å². The van der Waals surface area contributed by atoms with E-state index in [1.165, 1.54) is 7.11 Å². The van der Waals surface area contributed by atoms with Crippen LogP contribution in [0.5, 0.6) is 0 Å². The summed E-state index contributed by atoms with van der Waals surface area (Å²) in [6.07, 6.45) is 0.330. The average molecular weight is 221 g/mol. The summed E-state index contributed by atoms with van der Waals surface area (Å²) >= 11 is 0. The Labute approximate surface area is 83.9 Å². The summed E-state index contributed by atoms with van der Waals surface area (Å²) in [6.45, 7) is 1.64. The molecule has 1 fully saturated rings. The fraction of sp³-hybridized carbons (Fsp3) is 0.875. The Morgan fingerprint density at radius 1 is 1.36 bits per heavy atom. The van der Waals surface area contributed by atoms with E-state index in [4.69, 9.17) is 0 Å². The number of methoxy groups -OCH3 is 1. The van der Waals surface area contributed by atoms with Gasteiger partial charge in [0, 0.05) is 19.6 Å². The van der Waals surface area contributed by atoms with Crippen LogP contribution in [0.3, 0.4) is 0 Å². The summed E-state index contributed by atoms with van der Waals surface area (Å²) in [7, 11) is -1.47. The molecule has 0 radical (unpaired) electrons. The molecule has 0 N–H and O–H groups in total. The van der Waals surface area contributed by atoms with Gasteiger partial charge in [-0.3, -0.25) is 4.79 Å². The molecule has 82 valence electrons. The molecule has 1 saturated heterocycles. The lowest BCUT2D eigenvalue weighted by atomic mass is 10.4. The van der Waals surface area contributed by atoms with Gasteiger partial charge in [-0.2, -0.15) is 0 Å². The lowest BCUT2D eigenvalue weighted by Crippen LogP contribution is -2.41. The Bertz CT molecular complexity index is 284. The Balaban J connectivity index is 2.26. The molecule has 1 rings (SSSR count). The van der Waals surface area contributed by atoms with E-state index >= 15 is 0 Å². The number of rotatable bonds is 3. The van der Waals surface area contributed by atoms with E-state index in [1.54, 1.807) is 0 Å². The first kappa shape index (κ1) is 11.5. The van der Waals surface area contributed by atoms with Gasteiger partial charge in [-0.05, 0) is 0 Å². The SMILES string of the molecule is COC(=O)CCN1CCS(=O)(=O)CC1. The first-order valence-corrected chi connectivity index (χ1v) is 6.35. The van der Waals surface area contributed by atoms with Gasteiger partial charge in [-0.15, -0.1) is 0 Å². The van der Waals surface area contributed by atoms with Crippen molar-refractivity contribution in [3.63, 3.8) is 0 Å². The minimum Gasteiger partial charge on any atom is -0.469 e. The highest BCUT2D eigenvalue weighted by Crippen LogP contribution is 2.04. The molecule has 0 unspecified atom stereocenters. The molecule has 1 aliphatic rings. The van der Waals surface area contributed by atoms with Crippen molar-refractivity contribution in [2.45, 2.75) is 6.42 Å². The second kappa shape index (κ2) is 4.75. The van der Waals surface area contributed by atoms with Crippen molar-refractivity contribution in [2.75, 3.05) is 38.2 Å². The number of esters is 1. The van der Waals surface area contributed by atoms with Crippen molar-refractivity contribution in [3.8, 4) is 0 Å². The normalized spacial score (nSPS) is 21.8. The van der Waals surface area contributed by atoms with Crippen molar-refractivity contribution in [1.82, 2.24) is 4.90 Å². The fourth-order valence-corrected chi connectivity index (χ4v) is 2.60. The van der Waals surface area contributed by atoms with Crippen LogP contribution in [0.4, 0.5) is 0 Å². The monoisotopic (exact) mass is 221 g/mol. The molecule has 0 amide bonds. The topological polar surface area (TPSA) is 63.7 Å². The molecule has 0 aliphatic carbocycles. The summed E-state index contributed by atoms with van der Waals surface area (Å²) in [5.74, 6) is 0.154. The van der Waals surface area contributed by atoms with E-state index in [0.717, 1.165) is 0 Å². The van der Waals surface area contributed by atoms with Crippen molar-refractivity contribution in [1.29, 1.82) is 0 Å². The number of carbonyl (C=O) groups is 1. The molecule has 0 aromatic heterocycles. The van der Waals surface area contributed by atoms with Crippen molar-refractivity contribution >= 4 is 15.8 Å². The molecule has 14 heavy (non-hydrogen) atoms. The molecule has 6 heteroatoms. The minimum atomic E-state index is -2.82. The number of nitrogens with zero attached hydrogens (tertiary/aromatic N) is 1. The van der Waals surface area contributed by atoms with Crippen LogP contribution in [-0.4, -0.2) is 57.5 Å². The highest BCUT2D eigenvalue weighted by Gasteiger charge is 2.21. The molecule has 1 heterocycles. The van der Waals surface area contributed by atoms with Gasteiger partial charge in [-0.25, -0.2) is 8.42 Å². The Morgan fingerprint density at radius 2 is 1.93 bits per heavy atom. The summed E-state index contributed by atoms with van der Waals surface area (Å²) < 4.78 is 26.6. The zero-order valence-electron chi connectivity index (χ0n) is 8.23. The summed E-state index contributed by atoms with van der Waals surface area (Å²) in [5, 5.41) is 0. The van der Waals surface area contributed by atoms with Gasteiger partial charge in [-0.1, -0.05) is 0 Å². The van der Waals surface area contributed by atoms with Gasteiger partial charge in [0.05, 0.1) is 25.0 Å². The molecule has 0 atom stereocenters. The summed E-state index contributed by atoms with van der Waals surface area (Å²) in [6, 6.07) is 0. The fourth-order valence-electron chi connectivity index (χ4n) is 1.33. The predicted octanol–water partition coefficient (Wildman–Crippen LogP) is -0.720. The molecular formula is C8H15NO4S. The third-order valence-electron chi connectivity index (χ3n) is 2.30. The van der Waals surface area contributed by atoms with Crippen LogP contribution >= 0.6 is 0 Å². The molecule has 0 bridgehead atoms. The second-order valence-corrected chi connectivity index (χ2v) is 5.62. The van der Waals surface area contributed by atoms with Crippen LogP contribution in [0.15, 0.2) is 0 Å². The second-order valence-electron chi connectivity index (χ2n) is 3.32. The molecule has 0 saturated carbocycles. The molecule has 0 aromatic carbocycles. The zero-order chi connectivity index (χ0) is 10.6. The van der Waals surface area contributed by atoms with Crippen molar-refractivity contribution < 1.29 is 17.9 Å². The van der Waals surface area contributed by atoms with E-state index in [-0.39, 0.29) is 17.5 Å². The van der Waals surface area contributed by atoms with Crippen LogP contribution in [0.2, 0.25) is 0 Å². The third kappa shape index (κ3) is 3.63. The van der Waals surface area contributed by atoms with Gasteiger partial charge in [0.1, 0.15) is 0 Å². The number of ether oxygens (including phenoxy) is 1. The van der Waals surface area contributed by atoms with Crippen LogP contribution < -0.4 is 0 Å². The maximum Gasteiger partial charge on any atom is 0.306 e. The third-order valence-corrected chi connectivity index (χ3v) is 3.91.